The van der Waals surface area contributed by atoms with Crippen LogP contribution < -0.4 is 10.6 Å². The zero-order valence-electron chi connectivity index (χ0n) is 15.7. The molecule has 1 atom stereocenters. The standard InChI is InChI=1S/C22H25N3O2/c1-16(2)13-19(23)21-24-20(15-27-21)22(26)25(18-11-7-4-8-12-18)14-17-9-5-3-6-10-17/h3-12,15-16,19H,13-14,23H2,1-2H3. The molecule has 1 heterocycles. The number of nitrogens with zero attached hydrogens (tertiary/aromatic N) is 2. The lowest BCUT2D eigenvalue weighted by Gasteiger charge is -2.22. The summed E-state index contributed by atoms with van der Waals surface area (Å²) in [6.45, 7) is 4.63. The van der Waals surface area contributed by atoms with E-state index in [1.54, 1.807) is 4.90 Å². The van der Waals surface area contributed by atoms with Gasteiger partial charge in [-0.1, -0.05) is 62.4 Å². The third-order valence-electron chi connectivity index (χ3n) is 4.28. The van der Waals surface area contributed by atoms with Crippen molar-refractivity contribution in [3.05, 3.63) is 84.1 Å². The Balaban J connectivity index is 1.86. The molecule has 0 saturated carbocycles. The van der Waals surface area contributed by atoms with Crippen LogP contribution in [0.5, 0.6) is 0 Å². The second-order valence-corrected chi connectivity index (χ2v) is 7.02. The maximum absolute atomic E-state index is 13.2. The number of aromatic nitrogens is 1. The van der Waals surface area contributed by atoms with E-state index < -0.39 is 0 Å². The fraction of sp³-hybridized carbons (Fsp3) is 0.273. The molecule has 27 heavy (non-hydrogen) atoms. The van der Waals surface area contributed by atoms with Gasteiger partial charge in [0.15, 0.2) is 5.69 Å². The highest BCUT2D eigenvalue weighted by atomic mass is 16.3. The summed E-state index contributed by atoms with van der Waals surface area (Å²) in [4.78, 5) is 19.2. The Labute approximate surface area is 159 Å². The quantitative estimate of drug-likeness (QED) is 0.667. The van der Waals surface area contributed by atoms with Crippen molar-refractivity contribution in [1.82, 2.24) is 4.98 Å². The summed E-state index contributed by atoms with van der Waals surface area (Å²) in [5.74, 6) is 0.613. The average Bonchev–Trinajstić information content (AvgIpc) is 3.17. The minimum absolute atomic E-state index is 0.211. The summed E-state index contributed by atoms with van der Waals surface area (Å²) in [6.07, 6.45) is 2.15. The molecule has 3 rings (SSSR count). The van der Waals surface area contributed by atoms with Crippen LogP contribution in [0.4, 0.5) is 5.69 Å². The first-order valence-electron chi connectivity index (χ1n) is 9.16. The molecule has 1 unspecified atom stereocenters. The lowest BCUT2D eigenvalue weighted by Crippen LogP contribution is -2.30. The average molecular weight is 363 g/mol. The van der Waals surface area contributed by atoms with Crippen LogP contribution in [-0.2, 0) is 6.54 Å². The molecule has 2 aromatic carbocycles. The lowest BCUT2D eigenvalue weighted by molar-refractivity contribution is 0.0980. The fourth-order valence-electron chi connectivity index (χ4n) is 2.96. The van der Waals surface area contributed by atoms with E-state index in [-0.39, 0.29) is 17.6 Å². The Bertz CT molecular complexity index is 860. The van der Waals surface area contributed by atoms with E-state index >= 15 is 0 Å². The topological polar surface area (TPSA) is 72.4 Å². The molecule has 0 radical (unpaired) electrons. The summed E-state index contributed by atoms with van der Waals surface area (Å²) in [5.41, 5.74) is 8.25. The van der Waals surface area contributed by atoms with E-state index in [9.17, 15) is 4.79 Å². The number of benzene rings is 2. The van der Waals surface area contributed by atoms with Gasteiger partial charge in [0.05, 0.1) is 12.6 Å². The molecule has 5 heteroatoms. The van der Waals surface area contributed by atoms with Gasteiger partial charge in [-0.2, -0.15) is 0 Å². The van der Waals surface area contributed by atoms with Crippen molar-refractivity contribution >= 4 is 11.6 Å². The molecule has 0 bridgehead atoms. The van der Waals surface area contributed by atoms with Crippen molar-refractivity contribution in [2.75, 3.05) is 4.90 Å². The number of hydrogen-bond acceptors (Lipinski definition) is 4. The summed E-state index contributed by atoms with van der Waals surface area (Å²) >= 11 is 0. The van der Waals surface area contributed by atoms with Crippen LogP contribution in [0, 0.1) is 5.92 Å². The monoisotopic (exact) mass is 363 g/mol. The van der Waals surface area contributed by atoms with Crippen molar-refractivity contribution in [2.45, 2.75) is 32.9 Å². The predicted molar refractivity (Wildman–Crippen MR) is 106 cm³/mol. The van der Waals surface area contributed by atoms with Gasteiger partial charge < -0.3 is 15.1 Å². The molecule has 140 valence electrons. The number of carbonyl (C=O) groups excluding carboxylic acids is 1. The van der Waals surface area contributed by atoms with E-state index in [2.05, 4.69) is 18.8 Å². The first-order chi connectivity index (χ1) is 13.0. The molecule has 2 N–H and O–H groups in total. The Morgan fingerprint density at radius 3 is 2.33 bits per heavy atom. The van der Waals surface area contributed by atoms with Crippen molar-refractivity contribution in [1.29, 1.82) is 0 Å². The number of amides is 1. The van der Waals surface area contributed by atoms with Crippen molar-refractivity contribution in [3.63, 3.8) is 0 Å². The van der Waals surface area contributed by atoms with E-state index in [1.807, 2.05) is 60.7 Å². The molecule has 0 aliphatic rings. The minimum Gasteiger partial charge on any atom is -0.446 e. The summed E-state index contributed by atoms with van der Waals surface area (Å²) in [5, 5.41) is 0. The molecule has 0 fully saturated rings. The van der Waals surface area contributed by atoms with Gasteiger partial charge in [0.25, 0.3) is 5.91 Å². The molecule has 0 aliphatic carbocycles. The van der Waals surface area contributed by atoms with Crippen LogP contribution in [0.15, 0.2) is 71.3 Å². The Morgan fingerprint density at radius 2 is 1.70 bits per heavy atom. The molecule has 3 aromatic rings. The maximum Gasteiger partial charge on any atom is 0.280 e. The van der Waals surface area contributed by atoms with Gasteiger partial charge in [-0.05, 0) is 30.0 Å². The van der Waals surface area contributed by atoms with Gasteiger partial charge in [0.1, 0.15) is 6.26 Å². The van der Waals surface area contributed by atoms with E-state index in [1.165, 1.54) is 6.26 Å². The first-order valence-corrected chi connectivity index (χ1v) is 9.16. The largest absolute Gasteiger partial charge is 0.446 e. The van der Waals surface area contributed by atoms with Crippen molar-refractivity contribution in [3.8, 4) is 0 Å². The zero-order chi connectivity index (χ0) is 19.2. The Hall–Kier alpha value is -2.92. The smallest absolute Gasteiger partial charge is 0.280 e. The Kier molecular flexibility index (Phi) is 6.04. The molecule has 0 spiro atoms. The SMILES string of the molecule is CC(C)CC(N)c1nc(C(=O)N(Cc2ccccc2)c2ccccc2)co1. The summed E-state index contributed by atoms with van der Waals surface area (Å²) in [7, 11) is 0. The molecule has 1 amide bonds. The van der Waals surface area contributed by atoms with Gasteiger partial charge >= 0.3 is 0 Å². The van der Waals surface area contributed by atoms with Gasteiger partial charge in [-0.25, -0.2) is 4.98 Å². The van der Waals surface area contributed by atoms with Gasteiger partial charge in [-0.15, -0.1) is 0 Å². The second kappa shape index (κ2) is 8.64. The lowest BCUT2D eigenvalue weighted by atomic mass is 10.0. The molecular weight excluding hydrogens is 338 g/mol. The van der Waals surface area contributed by atoms with Crippen molar-refractivity contribution in [2.24, 2.45) is 11.7 Å². The number of carbonyl (C=O) groups is 1. The van der Waals surface area contributed by atoms with E-state index in [0.717, 1.165) is 17.7 Å². The summed E-state index contributed by atoms with van der Waals surface area (Å²) in [6, 6.07) is 19.1. The highest BCUT2D eigenvalue weighted by Crippen LogP contribution is 2.22. The van der Waals surface area contributed by atoms with Crippen LogP contribution in [0.25, 0.3) is 0 Å². The first kappa shape index (κ1) is 18.9. The molecule has 5 nitrogen and oxygen atoms in total. The molecule has 0 saturated heterocycles. The number of nitrogens with two attached hydrogens (primary N) is 1. The molecular formula is C22H25N3O2. The zero-order valence-corrected chi connectivity index (χ0v) is 15.7. The number of oxazole rings is 1. The molecule has 1 aromatic heterocycles. The van der Waals surface area contributed by atoms with E-state index in [0.29, 0.717) is 18.4 Å². The van der Waals surface area contributed by atoms with Crippen LogP contribution >= 0.6 is 0 Å². The van der Waals surface area contributed by atoms with Gasteiger partial charge in [0.2, 0.25) is 5.89 Å². The number of anilines is 1. The second-order valence-electron chi connectivity index (χ2n) is 7.02. The van der Waals surface area contributed by atoms with Gasteiger partial charge in [0, 0.05) is 5.69 Å². The maximum atomic E-state index is 13.2. The summed E-state index contributed by atoms with van der Waals surface area (Å²) < 4.78 is 5.50. The number of para-hydroxylation sites is 1. The highest BCUT2D eigenvalue weighted by molar-refractivity contribution is 6.04. The van der Waals surface area contributed by atoms with Gasteiger partial charge in [-0.3, -0.25) is 4.79 Å². The normalized spacial score (nSPS) is 12.1. The molecule has 0 aliphatic heterocycles. The number of rotatable bonds is 7. The third-order valence-corrected chi connectivity index (χ3v) is 4.28. The van der Waals surface area contributed by atoms with Crippen LogP contribution in [0.3, 0.4) is 0 Å². The fourth-order valence-corrected chi connectivity index (χ4v) is 2.96. The third kappa shape index (κ3) is 4.83. The van der Waals surface area contributed by atoms with Crippen LogP contribution in [0.1, 0.15) is 48.3 Å². The van der Waals surface area contributed by atoms with E-state index in [4.69, 9.17) is 10.2 Å². The van der Waals surface area contributed by atoms with Crippen LogP contribution in [-0.4, -0.2) is 10.9 Å². The highest BCUT2D eigenvalue weighted by Gasteiger charge is 2.23. The van der Waals surface area contributed by atoms with Crippen LogP contribution in [0.2, 0.25) is 0 Å². The number of hydrogen-bond donors (Lipinski definition) is 1. The Morgan fingerprint density at radius 1 is 1.07 bits per heavy atom. The van der Waals surface area contributed by atoms with Crippen molar-refractivity contribution < 1.29 is 9.21 Å². The minimum atomic E-state index is -0.314. The predicted octanol–water partition coefficient (Wildman–Crippen LogP) is 4.57.